The largest absolute Gasteiger partial charge is 0.493 e. The second-order valence-electron chi connectivity index (χ2n) is 3.20. The highest BCUT2D eigenvalue weighted by Gasteiger charge is 2.22. The summed E-state index contributed by atoms with van der Waals surface area (Å²) in [6.45, 7) is 4.82. The van der Waals surface area contributed by atoms with Gasteiger partial charge in [0.2, 0.25) is 0 Å². The fourth-order valence-electron chi connectivity index (χ4n) is 1.50. The number of pyridine rings is 1. The van der Waals surface area contributed by atoms with Crippen molar-refractivity contribution in [2.24, 2.45) is 0 Å². The fraction of sp³-hybridized carbons (Fsp3) is 0.500. The highest BCUT2D eigenvalue weighted by atomic mass is 16.5. The van der Waals surface area contributed by atoms with Gasteiger partial charge >= 0.3 is 0 Å². The molecule has 0 atom stereocenters. The van der Waals surface area contributed by atoms with E-state index in [0.29, 0.717) is 5.92 Å². The van der Waals surface area contributed by atoms with Crippen molar-refractivity contribution in [3.63, 3.8) is 0 Å². The van der Waals surface area contributed by atoms with Crippen LogP contribution in [0.15, 0.2) is 18.5 Å². The highest BCUT2D eigenvalue weighted by molar-refractivity contribution is 5.35. The maximum atomic E-state index is 5.53. The minimum Gasteiger partial charge on any atom is -0.493 e. The molecule has 1 aromatic rings. The molecule has 2 heterocycles. The Morgan fingerprint density at radius 3 is 3.08 bits per heavy atom. The lowest BCUT2D eigenvalue weighted by Crippen LogP contribution is -2.40. The quantitative estimate of drug-likeness (QED) is 0.754. The van der Waals surface area contributed by atoms with E-state index in [1.54, 1.807) is 6.20 Å². The van der Waals surface area contributed by atoms with Gasteiger partial charge in [0, 0.05) is 37.0 Å². The first-order valence-corrected chi connectivity index (χ1v) is 4.69. The smallest absolute Gasteiger partial charge is 0.125 e. The summed E-state index contributed by atoms with van der Waals surface area (Å²) in [4.78, 5) is 4.12. The van der Waals surface area contributed by atoms with Gasteiger partial charge in [-0.25, -0.2) is 0 Å². The lowest BCUT2D eigenvalue weighted by atomic mass is 9.94. The lowest BCUT2D eigenvalue weighted by Gasteiger charge is -2.28. The second kappa shape index (κ2) is 3.75. The summed E-state index contributed by atoms with van der Waals surface area (Å²) in [5.74, 6) is 1.58. The topological polar surface area (TPSA) is 34.1 Å². The van der Waals surface area contributed by atoms with Crippen LogP contribution in [0.3, 0.4) is 0 Å². The van der Waals surface area contributed by atoms with Crippen LogP contribution in [0.25, 0.3) is 0 Å². The van der Waals surface area contributed by atoms with Gasteiger partial charge in [-0.2, -0.15) is 0 Å². The van der Waals surface area contributed by atoms with Gasteiger partial charge in [-0.15, -0.1) is 0 Å². The molecule has 0 saturated carbocycles. The van der Waals surface area contributed by atoms with Crippen LogP contribution in [0.1, 0.15) is 18.4 Å². The minimum atomic E-state index is 0.593. The molecular weight excluding hydrogens is 164 g/mol. The monoisotopic (exact) mass is 178 g/mol. The molecule has 0 aromatic carbocycles. The summed E-state index contributed by atoms with van der Waals surface area (Å²) in [6, 6.07) is 1.94. The SMILES string of the molecule is CCOc1ccncc1C1CNC1. The summed E-state index contributed by atoms with van der Waals surface area (Å²) in [5, 5.41) is 3.25. The van der Waals surface area contributed by atoms with Crippen molar-refractivity contribution in [2.45, 2.75) is 12.8 Å². The van der Waals surface area contributed by atoms with Crippen LogP contribution in [0, 0.1) is 0 Å². The van der Waals surface area contributed by atoms with Gasteiger partial charge in [-0.05, 0) is 13.0 Å². The van der Waals surface area contributed by atoms with E-state index >= 15 is 0 Å². The molecule has 1 aliphatic heterocycles. The zero-order valence-electron chi connectivity index (χ0n) is 7.79. The van der Waals surface area contributed by atoms with E-state index in [2.05, 4.69) is 10.3 Å². The van der Waals surface area contributed by atoms with Gasteiger partial charge in [0.1, 0.15) is 5.75 Å². The third kappa shape index (κ3) is 1.65. The van der Waals surface area contributed by atoms with Gasteiger partial charge in [0.15, 0.2) is 0 Å². The molecule has 0 spiro atoms. The van der Waals surface area contributed by atoms with Crippen LogP contribution in [0.2, 0.25) is 0 Å². The van der Waals surface area contributed by atoms with Crippen LogP contribution in [0.5, 0.6) is 5.75 Å². The van der Waals surface area contributed by atoms with Crippen molar-refractivity contribution in [2.75, 3.05) is 19.7 Å². The molecule has 3 heteroatoms. The molecule has 2 rings (SSSR count). The average molecular weight is 178 g/mol. The summed E-state index contributed by atoms with van der Waals surface area (Å²) in [5.41, 5.74) is 1.24. The predicted octanol–water partition coefficient (Wildman–Crippen LogP) is 1.17. The summed E-state index contributed by atoms with van der Waals surface area (Å²) >= 11 is 0. The van der Waals surface area contributed by atoms with Gasteiger partial charge < -0.3 is 10.1 Å². The van der Waals surface area contributed by atoms with Gasteiger partial charge in [-0.1, -0.05) is 0 Å². The molecule has 0 aliphatic carbocycles. The molecule has 0 bridgehead atoms. The van der Waals surface area contributed by atoms with E-state index < -0.39 is 0 Å². The highest BCUT2D eigenvalue weighted by Crippen LogP contribution is 2.27. The van der Waals surface area contributed by atoms with Crippen molar-refractivity contribution >= 4 is 0 Å². The molecule has 1 N–H and O–H groups in total. The first kappa shape index (κ1) is 8.51. The minimum absolute atomic E-state index is 0.593. The van der Waals surface area contributed by atoms with Crippen molar-refractivity contribution in [3.05, 3.63) is 24.0 Å². The van der Waals surface area contributed by atoms with Gasteiger partial charge in [0.05, 0.1) is 6.61 Å². The van der Waals surface area contributed by atoms with Crippen LogP contribution >= 0.6 is 0 Å². The Bertz CT molecular complexity index is 284. The number of hydrogen-bond donors (Lipinski definition) is 1. The molecule has 1 fully saturated rings. The van der Waals surface area contributed by atoms with E-state index in [9.17, 15) is 0 Å². The van der Waals surface area contributed by atoms with E-state index in [0.717, 1.165) is 25.4 Å². The van der Waals surface area contributed by atoms with Crippen molar-refractivity contribution in [1.29, 1.82) is 0 Å². The molecule has 1 aromatic heterocycles. The number of hydrogen-bond acceptors (Lipinski definition) is 3. The van der Waals surface area contributed by atoms with Crippen molar-refractivity contribution in [3.8, 4) is 5.75 Å². The normalized spacial score (nSPS) is 16.7. The Morgan fingerprint density at radius 1 is 1.62 bits per heavy atom. The van der Waals surface area contributed by atoms with Crippen LogP contribution in [-0.2, 0) is 0 Å². The molecule has 13 heavy (non-hydrogen) atoms. The van der Waals surface area contributed by atoms with Crippen molar-refractivity contribution in [1.82, 2.24) is 10.3 Å². The van der Waals surface area contributed by atoms with E-state index in [1.165, 1.54) is 5.56 Å². The number of nitrogens with zero attached hydrogens (tertiary/aromatic N) is 1. The van der Waals surface area contributed by atoms with Crippen LogP contribution < -0.4 is 10.1 Å². The fourth-order valence-corrected chi connectivity index (χ4v) is 1.50. The van der Waals surface area contributed by atoms with E-state index in [-0.39, 0.29) is 0 Å². The molecule has 0 unspecified atom stereocenters. The molecule has 70 valence electrons. The standard InChI is InChI=1S/C10H14N2O/c1-2-13-10-3-4-11-7-9(10)8-5-12-6-8/h3-4,7-8,12H,2,5-6H2,1H3. The summed E-state index contributed by atoms with van der Waals surface area (Å²) in [6.07, 6.45) is 3.69. The third-order valence-corrected chi connectivity index (χ3v) is 2.33. The Balaban J connectivity index is 2.20. The first-order valence-electron chi connectivity index (χ1n) is 4.69. The van der Waals surface area contributed by atoms with E-state index in [1.807, 2.05) is 19.2 Å². The predicted molar refractivity (Wildman–Crippen MR) is 51.0 cm³/mol. The molecule has 1 aliphatic rings. The zero-order valence-corrected chi connectivity index (χ0v) is 7.79. The van der Waals surface area contributed by atoms with Crippen molar-refractivity contribution < 1.29 is 4.74 Å². The molecule has 0 radical (unpaired) electrons. The third-order valence-electron chi connectivity index (χ3n) is 2.33. The van der Waals surface area contributed by atoms with Crippen LogP contribution in [0.4, 0.5) is 0 Å². The first-order chi connectivity index (χ1) is 6.42. The maximum absolute atomic E-state index is 5.53. The van der Waals surface area contributed by atoms with E-state index in [4.69, 9.17) is 4.74 Å². The Morgan fingerprint density at radius 2 is 2.46 bits per heavy atom. The summed E-state index contributed by atoms with van der Waals surface area (Å²) < 4.78 is 5.53. The number of rotatable bonds is 3. The van der Waals surface area contributed by atoms with Gasteiger partial charge in [0.25, 0.3) is 0 Å². The Kier molecular flexibility index (Phi) is 2.45. The molecule has 1 saturated heterocycles. The maximum Gasteiger partial charge on any atom is 0.125 e. The van der Waals surface area contributed by atoms with Crippen LogP contribution in [-0.4, -0.2) is 24.7 Å². The number of ether oxygens (including phenoxy) is 1. The molecule has 0 amide bonds. The summed E-state index contributed by atoms with van der Waals surface area (Å²) in [7, 11) is 0. The Hall–Kier alpha value is -1.09. The Labute approximate surface area is 78.1 Å². The second-order valence-corrected chi connectivity index (χ2v) is 3.20. The number of aromatic nitrogens is 1. The average Bonchev–Trinajstić information content (AvgIpc) is 2.05. The lowest BCUT2D eigenvalue weighted by molar-refractivity contribution is 0.326. The van der Waals surface area contributed by atoms with Gasteiger partial charge in [-0.3, -0.25) is 4.98 Å². The molecule has 3 nitrogen and oxygen atoms in total. The number of nitrogens with one attached hydrogen (secondary N) is 1. The zero-order chi connectivity index (χ0) is 9.10. The molecular formula is C10H14N2O.